The molecule has 0 aliphatic carbocycles. The van der Waals surface area contributed by atoms with Crippen molar-refractivity contribution >= 4 is 27.6 Å². The van der Waals surface area contributed by atoms with Gasteiger partial charge in [-0.1, -0.05) is 24.3 Å². The Kier molecular flexibility index (Phi) is 3.29. The molecule has 4 heteroatoms. The summed E-state index contributed by atoms with van der Waals surface area (Å²) in [7, 11) is 1.71. The zero-order chi connectivity index (χ0) is 15.0. The van der Waals surface area contributed by atoms with E-state index in [-0.39, 0.29) is 11.7 Å². The van der Waals surface area contributed by atoms with Gasteiger partial charge in [0.25, 0.3) is 0 Å². The lowest BCUT2D eigenvalue weighted by molar-refractivity contribution is -0.128. The third kappa shape index (κ3) is 2.44. The predicted molar refractivity (Wildman–Crippen MR) is 81.4 cm³/mol. The fraction of sp³-hybridized carbons (Fsp3) is 0.176. The SMILES string of the molecule is CC(=O)N(C)Cc1nc2ccccc2c2ccc(F)cc12. The number of carbonyl (C=O) groups is 1. The van der Waals surface area contributed by atoms with E-state index in [1.807, 2.05) is 24.3 Å². The van der Waals surface area contributed by atoms with Crippen LogP contribution in [0.5, 0.6) is 0 Å². The van der Waals surface area contributed by atoms with Crippen LogP contribution in [-0.2, 0) is 11.3 Å². The van der Waals surface area contributed by atoms with Crippen LogP contribution in [0.3, 0.4) is 0 Å². The number of aromatic nitrogens is 1. The van der Waals surface area contributed by atoms with Gasteiger partial charge < -0.3 is 4.90 Å². The first-order valence-corrected chi connectivity index (χ1v) is 6.75. The third-order valence-corrected chi connectivity index (χ3v) is 3.67. The summed E-state index contributed by atoms with van der Waals surface area (Å²) in [6.45, 7) is 1.87. The number of hydrogen-bond acceptors (Lipinski definition) is 2. The van der Waals surface area contributed by atoms with Crippen LogP contribution in [0.25, 0.3) is 21.7 Å². The molecule has 106 valence electrons. The number of para-hydroxylation sites is 1. The van der Waals surface area contributed by atoms with Gasteiger partial charge in [0.1, 0.15) is 5.82 Å². The average molecular weight is 282 g/mol. The molecule has 0 spiro atoms. The second kappa shape index (κ2) is 5.13. The van der Waals surface area contributed by atoms with Gasteiger partial charge in [-0.2, -0.15) is 0 Å². The summed E-state index contributed by atoms with van der Waals surface area (Å²) < 4.78 is 13.6. The molecule has 0 saturated carbocycles. The molecule has 1 amide bonds. The van der Waals surface area contributed by atoms with Crippen molar-refractivity contribution in [2.24, 2.45) is 0 Å². The molecule has 0 unspecified atom stereocenters. The number of carbonyl (C=O) groups excluding carboxylic acids is 1. The Morgan fingerprint density at radius 3 is 2.67 bits per heavy atom. The van der Waals surface area contributed by atoms with Crippen LogP contribution >= 0.6 is 0 Å². The summed E-state index contributed by atoms with van der Waals surface area (Å²) in [6.07, 6.45) is 0. The lowest BCUT2D eigenvalue weighted by Gasteiger charge is -2.16. The molecular weight excluding hydrogens is 267 g/mol. The van der Waals surface area contributed by atoms with Gasteiger partial charge in [0.2, 0.25) is 5.91 Å². The van der Waals surface area contributed by atoms with Crippen LogP contribution in [0.15, 0.2) is 42.5 Å². The number of fused-ring (bicyclic) bond motifs is 3. The minimum absolute atomic E-state index is 0.0467. The van der Waals surface area contributed by atoms with Crippen molar-refractivity contribution in [1.29, 1.82) is 0 Å². The van der Waals surface area contributed by atoms with Crippen molar-refractivity contribution in [1.82, 2.24) is 9.88 Å². The highest BCUT2D eigenvalue weighted by molar-refractivity contribution is 6.06. The number of hydrogen-bond donors (Lipinski definition) is 0. The minimum atomic E-state index is -0.300. The second-order valence-electron chi connectivity index (χ2n) is 5.14. The van der Waals surface area contributed by atoms with E-state index >= 15 is 0 Å². The van der Waals surface area contributed by atoms with Gasteiger partial charge in [0.15, 0.2) is 0 Å². The van der Waals surface area contributed by atoms with E-state index in [0.717, 1.165) is 21.7 Å². The zero-order valence-electron chi connectivity index (χ0n) is 11.9. The van der Waals surface area contributed by atoms with Crippen LogP contribution in [0.4, 0.5) is 4.39 Å². The maximum atomic E-state index is 13.6. The van der Waals surface area contributed by atoms with Crippen LogP contribution in [0.1, 0.15) is 12.6 Å². The highest BCUT2D eigenvalue weighted by atomic mass is 19.1. The first-order valence-electron chi connectivity index (χ1n) is 6.75. The molecule has 1 aromatic heterocycles. The van der Waals surface area contributed by atoms with Crippen LogP contribution < -0.4 is 0 Å². The summed E-state index contributed by atoms with van der Waals surface area (Å²) in [6, 6.07) is 12.5. The summed E-state index contributed by atoms with van der Waals surface area (Å²) in [5.74, 6) is -0.346. The quantitative estimate of drug-likeness (QED) is 0.674. The minimum Gasteiger partial charge on any atom is -0.340 e. The number of pyridine rings is 1. The predicted octanol–water partition coefficient (Wildman–Crippen LogP) is 3.51. The Morgan fingerprint density at radius 2 is 1.90 bits per heavy atom. The van der Waals surface area contributed by atoms with Gasteiger partial charge in [0.05, 0.1) is 17.8 Å². The van der Waals surface area contributed by atoms with Gasteiger partial charge in [-0.05, 0) is 23.6 Å². The molecule has 0 atom stereocenters. The third-order valence-electron chi connectivity index (χ3n) is 3.67. The fourth-order valence-electron chi connectivity index (χ4n) is 2.45. The highest BCUT2D eigenvalue weighted by Crippen LogP contribution is 2.27. The lowest BCUT2D eigenvalue weighted by Crippen LogP contribution is -2.23. The van der Waals surface area contributed by atoms with Crippen molar-refractivity contribution < 1.29 is 9.18 Å². The average Bonchev–Trinajstić information content (AvgIpc) is 2.47. The molecule has 3 nitrogen and oxygen atoms in total. The normalized spacial score (nSPS) is 11.0. The second-order valence-corrected chi connectivity index (χ2v) is 5.14. The Balaban J connectivity index is 2.29. The molecule has 0 bridgehead atoms. The molecule has 3 aromatic rings. The standard InChI is InChI=1S/C17H15FN2O/c1-11(21)20(2)10-17-15-9-12(18)7-8-13(15)14-5-3-4-6-16(14)19-17/h3-9H,10H2,1-2H3. The molecule has 0 aliphatic heterocycles. The Hall–Kier alpha value is -2.49. The molecule has 0 radical (unpaired) electrons. The number of benzene rings is 2. The number of rotatable bonds is 2. The van der Waals surface area contributed by atoms with Crippen molar-refractivity contribution in [3.8, 4) is 0 Å². The lowest BCUT2D eigenvalue weighted by atomic mass is 10.0. The molecule has 0 fully saturated rings. The van der Waals surface area contributed by atoms with E-state index < -0.39 is 0 Å². The molecule has 1 heterocycles. The maximum absolute atomic E-state index is 13.6. The van der Waals surface area contributed by atoms with Gasteiger partial charge in [-0.3, -0.25) is 9.78 Å². The van der Waals surface area contributed by atoms with Gasteiger partial charge in [-0.15, -0.1) is 0 Å². The molecule has 2 aromatic carbocycles. The summed E-state index contributed by atoms with van der Waals surface area (Å²) >= 11 is 0. The van der Waals surface area contributed by atoms with E-state index in [0.29, 0.717) is 12.2 Å². The highest BCUT2D eigenvalue weighted by Gasteiger charge is 2.12. The monoisotopic (exact) mass is 282 g/mol. The Bertz CT molecular complexity index is 845. The van der Waals surface area contributed by atoms with E-state index in [1.165, 1.54) is 19.1 Å². The molecule has 0 saturated heterocycles. The number of halogens is 1. The Morgan fingerprint density at radius 1 is 1.14 bits per heavy atom. The molecule has 3 rings (SSSR count). The molecule has 21 heavy (non-hydrogen) atoms. The maximum Gasteiger partial charge on any atom is 0.219 e. The molecular formula is C17H15FN2O. The summed E-state index contributed by atoms with van der Waals surface area (Å²) in [4.78, 5) is 17.6. The van der Waals surface area contributed by atoms with E-state index in [1.54, 1.807) is 18.0 Å². The van der Waals surface area contributed by atoms with Crippen molar-refractivity contribution in [3.05, 3.63) is 54.0 Å². The van der Waals surface area contributed by atoms with Crippen LogP contribution in [-0.4, -0.2) is 22.8 Å². The summed E-state index contributed by atoms with van der Waals surface area (Å²) in [5, 5.41) is 2.69. The van der Waals surface area contributed by atoms with E-state index in [4.69, 9.17) is 0 Å². The Labute approximate surface area is 122 Å². The molecule has 0 N–H and O–H groups in total. The zero-order valence-corrected chi connectivity index (χ0v) is 11.9. The van der Waals surface area contributed by atoms with E-state index in [2.05, 4.69) is 4.98 Å². The van der Waals surface area contributed by atoms with Gasteiger partial charge in [0, 0.05) is 24.7 Å². The van der Waals surface area contributed by atoms with Gasteiger partial charge in [-0.25, -0.2) is 4.39 Å². The number of amides is 1. The van der Waals surface area contributed by atoms with Gasteiger partial charge >= 0.3 is 0 Å². The van der Waals surface area contributed by atoms with Crippen molar-refractivity contribution in [2.75, 3.05) is 7.05 Å². The van der Waals surface area contributed by atoms with Crippen molar-refractivity contribution in [2.45, 2.75) is 13.5 Å². The largest absolute Gasteiger partial charge is 0.340 e. The molecule has 0 aliphatic rings. The first kappa shape index (κ1) is 13.5. The summed E-state index contributed by atoms with van der Waals surface area (Å²) in [5.41, 5.74) is 1.56. The topological polar surface area (TPSA) is 33.2 Å². The fourth-order valence-corrected chi connectivity index (χ4v) is 2.45. The first-order chi connectivity index (χ1) is 10.1. The van der Waals surface area contributed by atoms with Crippen LogP contribution in [0.2, 0.25) is 0 Å². The van der Waals surface area contributed by atoms with E-state index in [9.17, 15) is 9.18 Å². The van der Waals surface area contributed by atoms with Crippen LogP contribution in [0, 0.1) is 5.82 Å². The number of nitrogens with zero attached hydrogens (tertiary/aromatic N) is 2. The smallest absolute Gasteiger partial charge is 0.219 e. The van der Waals surface area contributed by atoms with Crippen molar-refractivity contribution in [3.63, 3.8) is 0 Å².